The van der Waals surface area contributed by atoms with Gasteiger partial charge in [0.1, 0.15) is 5.82 Å². The molecule has 6 nitrogen and oxygen atoms in total. The number of benzene rings is 1. The highest BCUT2D eigenvalue weighted by molar-refractivity contribution is 5.90. The van der Waals surface area contributed by atoms with Crippen molar-refractivity contribution in [1.82, 2.24) is 14.7 Å². The van der Waals surface area contributed by atoms with E-state index in [1.165, 1.54) is 18.9 Å². The number of nitrogens with zero attached hydrogens (tertiary/aromatic N) is 3. The molecule has 1 N–H and O–H groups in total. The van der Waals surface area contributed by atoms with Crippen LogP contribution in [0.1, 0.15) is 51.5 Å². The van der Waals surface area contributed by atoms with E-state index in [2.05, 4.69) is 10.2 Å². The molecule has 2 fully saturated rings. The van der Waals surface area contributed by atoms with Crippen LogP contribution < -0.4 is 5.32 Å². The number of halogens is 1. The Morgan fingerprint density at radius 2 is 1.94 bits per heavy atom. The summed E-state index contributed by atoms with van der Waals surface area (Å²) < 4.78 is 13.8. The molecule has 2 saturated heterocycles. The summed E-state index contributed by atoms with van der Waals surface area (Å²) in [5.74, 6) is -0.235. The van der Waals surface area contributed by atoms with Gasteiger partial charge in [-0.1, -0.05) is 19.9 Å². The number of nitrogens with one attached hydrogen (secondary N) is 1. The van der Waals surface area contributed by atoms with Gasteiger partial charge in [-0.3, -0.25) is 4.79 Å². The van der Waals surface area contributed by atoms with Gasteiger partial charge in [0.2, 0.25) is 5.91 Å². The zero-order valence-corrected chi connectivity index (χ0v) is 19.2. The topological polar surface area (TPSA) is 55.9 Å². The van der Waals surface area contributed by atoms with Gasteiger partial charge in [-0.25, -0.2) is 9.18 Å². The number of carbonyl (C=O) groups is 2. The molecule has 0 bridgehead atoms. The maximum absolute atomic E-state index is 13.8. The van der Waals surface area contributed by atoms with E-state index in [1.807, 2.05) is 18.7 Å². The molecule has 0 spiro atoms. The van der Waals surface area contributed by atoms with Crippen molar-refractivity contribution in [3.63, 3.8) is 0 Å². The lowest BCUT2D eigenvalue weighted by Gasteiger charge is -2.40. The van der Waals surface area contributed by atoms with Crippen LogP contribution in [0, 0.1) is 18.7 Å². The highest BCUT2D eigenvalue weighted by Gasteiger charge is 2.31. The molecule has 1 aromatic carbocycles. The lowest BCUT2D eigenvalue weighted by Crippen LogP contribution is -2.53. The first-order valence-electron chi connectivity index (χ1n) is 11.7. The molecule has 0 radical (unpaired) electrons. The van der Waals surface area contributed by atoms with Gasteiger partial charge >= 0.3 is 6.03 Å². The van der Waals surface area contributed by atoms with E-state index in [4.69, 9.17) is 0 Å². The van der Waals surface area contributed by atoms with Crippen LogP contribution in [-0.4, -0.2) is 71.9 Å². The van der Waals surface area contributed by atoms with Gasteiger partial charge in [0, 0.05) is 42.8 Å². The predicted octanol–water partition coefficient (Wildman–Crippen LogP) is 4.10. The zero-order valence-electron chi connectivity index (χ0n) is 19.2. The fraction of sp³-hybridized carbons (Fsp3) is 0.667. The fourth-order valence-electron chi connectivity index (χ4n) is 4.61. The molecular weight excluding hydrogens is 395 g/mol. The quantitative estimate of drug-likeness (QED) is 0.706. The third kappa shape index (κ3) is 6.19. The lowest BCUT2D eigenvalue weighted by molar-refractivity contribution is -0.138. The zero-order chi connectivity index (χ0) is 22.4. The Morgan fingerprint density at radius 3 is 2.65 bits per heavy atom. The fourth-order valence-corrected chi connectivity index (χ4v) is 4.61. The molecular formula is C24H37FN4O2. The van der Waals surface area contributed by atoms with Gasteiger partial charge in [-0.05, 0) is 70.8 Å². The summed E-state index contributed by atoms with van der Waals surface area (Å²) in [4.78, 5) is 32.1. The maximum atomic E-state index is 13.8. The number of likely N-dealkylation sites (tertiary alicyclic amines) is 2. The Morgan fingerprint density at radius 1 is 1.19 bits per heavy atom. The van der Waals surface area contributed by atoms with Crippen molar-refractivity contribution in [2.75, 3.05) is 44.6 Å². The second kappa shape index (κ2) is 10.9. The first-order chi connectivity index (χ1) is 14.9. The van der Waals surface area contributed by atoms with E-state index in [9.17, 15) is 14.0 Å². The third-order valence-electron chi connectivity index (χ3n) is 6.48. The summed E-state index contributed by atoms with van der Waals surface area (Å²) in [6, 6.07) is 4.50. The molecule has 1 aromatic rings. The monoisotopic (exact) mass is 432 g/mol. The molecule has 1 atom stereocenters. The molecule has 2 aliphatic rings. The first-order valence-corrected chi connectivity index (χ1v) is 11.7. The molecule has 1 unspecified atom stereocenters. The minimum Gasteiger partial charge on any atom is -0.338 e. The molecule has 3 amide bonds. The highest BCUT2D eigenvalue weighted by atomic mass is 19.1. The number of amides is 3. The summed E-state index contributed by atoms with van der Waals surface area (Å²) in [7, 11) is 0. The summed E-state index contributed by atoms with van der Waals surface area (Å²) >= 11 is 0. The number of urea groups is 1. The van der Waals surface area contributed by atoms with Gasteiger partial charge in [-0.2, -0.15) is 0 Å². The van der Waals surface area contributed by atoms with Gasteiger partial charge in [-0.15, -0.1) is 0 Å². The number of hydrogen-bond acceptors (Lipinski definition) is 3. The smallest absolute Gasteiger partial charge is 0.321 e. The standard InChI is InChI=1S/C24H37FN4O2/c1-18(2)23(30)29(16-8-14-27-12-4-5-13-27)20-9-7-15-28(17-20)24(31)26-22-11-6-10-21(25)19(22)3/h6,10-11,18,20H,4-5,7-9,12-17H2,1-3H3,(H,26,31). The Bertz CT molecular complexity index is 764. The van der Waals surface area contributed by atoms with Crippen LogP contribution in [0.25, 0.3) is 0 Å². The van der Waals surface area contributed by atoms with E-state index in [-0.39, 0.29) is 29.7 Å². The minimum atomic E-state index is -0.332. The van der Waals surface area contributed by atoms with Gasteiger partial charge in [0.25, 0.3) is 0 Å². The van der Waals surface area contributed by atoms with Crippen molar-refractivity contribution >= 4 is 17.6 Å². The summed E-state index contributed by atoms with van der Waals surface area (Å²) in [6.45, 7) is 10.8. The van der Waals surface area contributed by atoms with Gasteiger partial charge < -0.3 is 20.0 Å². The van der Waals surface area contributed by atoms with Crippen LogP contribution in [0.5, 0.6) is 0 Å². The van der Waals surface area contributed by atoms with Crippen LogP contribution in [0.15, 0.2) is 18.2 Å². The Labute approximate surface area is 185 Å². The molecule has 0 aromatic heterocycles. The van der Waals surface area contributed by atoms with E-state index < -0.39 is 0 Å². The van der Waals surface area contributed by atoms with Crippen molar-refractivity contribution in [2.45, 2.75) is 58.9 Å². The Hall–Kier alpha value is -2.15. The van der Waals surface area contributed by atoms with Crippen molar-refractivity contribution in [1.29, 1.82) is 0 Å². The van der Waals surface area contributed by atoms with Crippen LogP contribution in [0.3, 0.4) is 0 Å². The number of piperidine rings is 1. The van der Waals surface area contributed by atoms with Gasteiger partial charge in [0.05, 0.1) is 0 Å². The highest BCUT2D eigenvalue weighted by Crippen LogP contribution is 2.22. The molecule has 31 heavy (non-hydrogen) atoms. The van der Waals surface area contributed by atoms with Crippen LogP contribution >= 0.6 is 0 Å². The molecule has 3 rings (SSSR count). The van der Waals surface area contributed by atoms with Crippen LogP contribution in [0.4, 0.5) is 14.9 Å². The van der Waals surface area contributed by atoms with Crippen molar-refractivity contribution < 1.29 is 14.0 Å². The number of anilines is 1. The average molecular weight is 433 g/mol. The molecule has 0 saturated carbocycles. The summed E-state index contributed by atoms with van der Waals surface area (Å²) in [5, 5.41) is 2.85. The number of hydrogen-bond donors (Lipinski definition) is 1. The van der Waals surface area contributed by atoms with E-state index >= 15 is 0 Å². The van der Waals surface area contributed by atoms with Crippen LogP contribution in [-0.2, 0) is 4.79 Å². The van der Waals surface area contributed by atoms with Crippen molar-refractivity contribution in [3.05, 3.63) is 29.6 Å². The lowest BCUT2D eigenvalue weighted by atomic mass is 10.0. The second-order valence-electron chi connectivity index (χ2n) is 9.17. The molecule has 172 valence electrons. The second-order valence-corrected chi connectivity index (χ2v) is 9.17. The van der Waals surface area contributed by atoms with Gasteiger partial charge in [0.15, 0.2) is 0 Å². The SMILES string of the molecule is Cc1c(F)cccc1NC(=O)N1CCCC(N(CCCN2CCCC2)C(=O)C(C)C)C1. The third-order valence-corrected chi connectivity index (χ3v) is 6.48. The van der Waals surface area contributed by atoms with Crippen LogP contribution in [0.2, 0.25) is 0 Å². The number of rotatable bonds is 7. The predicted molar refractivity (Wildman–Crippen MR) is 122 cm³/mol. The largest absolute Gasteiger partial charge is 0.338 e. The Kier molecular flexibility index (Phi) is 8.29. The maximum Gasteiger partial charge on any atom is 0.321 e. The minimum absolute atomic E-state index is 0.0292. The number of carbonyl (C=O) groups excluding carboxylic acids is 2. The van der Waals surface area contributed by atoms with Crippen molar-refractivity contribution in [2.24, 2.45) is 5.92 Å². The Balaban J connectivity index is 1.62. The van der Waals surface area contributed by atoms with E-state index in [1.54, 1.807) is 24.0 Å². The van der Waals surface area contributed by atoms with E-state index in [0.29, 0.717) is 24.3 Å². The van der Waals surface area contributed by atoms with Crippen molar-refractivity contribution in [3.8, 4) is 0 Å². The molecule has 2 heterocycles. The van der Waals surface area contributed by atoms with E-state index in [0.717, 1.165) is 45.4 Å². The first kappa shape index (κ1) is 23.5. The molecule has 0 aliphatic carbocycles. The average Bonchev–Trinajstić information content (AvgIpc) is 3.27. The molecule has 2 aliphatic heterocycles. The summed E-state index contributed by atoms with van der Waals surface area (Å²) in [5.41, 5.74) is 0.927. The summed E-state index contributed by atoms with van der Waals surface area (Å²) in [6.07, 6.45) is 5.26. The molecule has 7 heteroatoms. The normalized spacial score (nSPS) is 19.6.